The summed E-state index contributed by atoms with van der Waals surface area (Å²) in [6.45, 7) is 5.69. The first kappa shape index (κ1) is 20.5. The van der Waals surface area contributed by atoms with Crippen molar-refractivity contribution in [3.63, 3.8) is 0 Å². The van der Waals surface area contributed by atoms with E-state index in [-0.39, 0.29) is 5.91 Å². The molecule has 27 heavy (non-hydrogen) atoms. The molecule has 8 heteroatoms. The molecule has 1 fully saturated rings. The van der Waals surface area contributed by atoms with E-state index < -0.39 is 10.0 Å². The van der Waals surface area contributed by atoms with Crippen molar-refractivity contribution in [1.82, 2.24) is 9.21 Å². The number of amides is 1. The first-order chi connectivity index (χ1) is 12.8. The fraction of sp³-hybridized carbons (Fsp3) is 0.421. The summed E-state index contributed by atoms with van der Waals surface area (Å²) < 4.78 is 27.9. The number of benzene rings is 1. The van der Waals surface area contributed by atoms with Crippen LogP contribution in [0, 0.1) is 13.8 Å². The molecule has 0 spiro atoms. The molecule has 1 amide bonds. The molecule has 0 atom stereocenters. The molecule has 0 unspecified atom stereocenters. The fourth-order valence-electron chi connectivity index (χ4n) is 3.27. The van der Waals surface area contributed by atoms with Crippen LogP contribution in [-0.2, 0) is 21.2 Å². The van der Waals surface area contributed by atoms with Gasteiger partial charge in [-0.1, -0.05) is 23.8 Å². The average Bonchev–Trinajstić information content (AvgIpc) is 3.08. The van der Waals surface area contributed by atoms with Crippen molar-refractivity contribution in [2.45, 2.75) is 30.9 Å². The Morgan fingerprint density at radius 3 is 2.41 bits per heavy atom. The van der Waals surface area contributed by atoms with Crippen LogP contribution >= 0.6 is 27.3 Å². The molecule has 1 aliphatic heterocycles. The Kier molecular flexibility index (Phi) is 6.40. The van der Waals surface area contributed by atoms with Crippen molar-refractivity contribution < 1.29 is 13.2 Å². The monoisotopic (exact) mass is 470 g/mol. The van der Waals surface area contributed by atoms with Crippen LogP contribution < -0.4 is 0 Å². The summed E-state index contributed by atoms with van der Waals surface area (Å²) in [6, 6.07) is 9.64. The lowest BCUT2D eigenvalue weighted by molar-refractivity contribution is -0.132. The van der Waals surface area contributed by atoms with E-state index in [1.165, 1.54) is 32.3 Å². The Balaban J connectivity index is 1.55. The second kappa shape index (κ2) is 8.43. The van der Waals surface area contributed by atoms with Gasteiger partial charge in [0.05, 0.1) is 3.79 Å². The third-order valence-electron chi connectivity index (χ3n) is 4.84. The number of hydrogen-bond acceptors (Lipinski definition) is 4. The minimum atomic E-state index is -3.47. The normalized spacial score (nSPS) is 15.9. The van der Waals surface area contributed by atoms with E-state index in [4.69, 9.17) is 0 Å². The van der Waals surface area contributed by atoms with E-state index in [1.807, 2.05) is 0 Å². The van der Waals surface area contributed by atoms with Crippen LogP contribution in [0.5, 0.6) is 0 Å². The summed E-state index contributed by atoms with van der Waals surface area (Å²) in [5.41, 5.74) is 3.62. The highest BCUT2D eigenvalue weighted by molar-refractivity contribution is 9.11. The first-order valence-electron chi connectivity index (χ1n) is 8.87. The quantitative estimate of drug-likeness (QED) is 0.670. The molecule has 5 nitrogen and oxygen atoms in total. The minimum absolute atomic E-state index is 0.0888. The van der Waals surface area contributed by atoms with E-state index in [1.54, 1.807) is 17.0 Å². The number of rotatable bonds is 5. The Morgan fingerprint density at radius 1 is 1.11 bits per heavy atom. The number of carbonyl (C=O) groups is 1. The molecule has 1 aromatic carbocycles. The summed E-state index contributed by atoms with van der Waals surface area (Å²) in [5.74, 6) is 0.0888. The maximum Gasteiger partial charge on any atom is 0.252 e. The summed E-state index contributed by atoms with van der Waals surface area (Å²) >= 11 is 4.52. The van der Waals surface area contributed by atoms with Crippen molar-refractivity contribution in [2.24, 2.45) is 0 Å². The molecule has 146 valence electrons. The standard InChI is InChI=1S/C19H23BrN2O3S2/c1-14-3-4-16(15(2)13-14)5-7-18(23)21-9-11-22(12-10-21)27(24,25)19-8-6-17(20)26-19/h3-4,6,8,13H,5,7,9-12H2,1-2H3. The minimum Gasteiger partial charge on any atom is -0.340 e. The number of piperazine rings is 1. The van der Waals surface area contributed by atoms with Crippen molar-refractivity contribution in [3.8, 4) is 0 Å². The molecule has 1 saturated heterocycles. The molecule has 1 aliphatic rings. The topological polar surface area (TPSA) is 57.7 Å². The van der Waals surface area contributed by atoms with E-state index in [0.717, 1.165) is 3.79 Å². The molecule has 0 saturated carbocycles. The van der Waals surface area contributed by atoms with Gasteiger partial charge in [0.2, 0.25) is 5.91 Å². The number of halogens is 1. The average molecular weight is 471 g/mol. The summed E-state index contributed by atoms with van der Waals surface area (Å²) in [7, 11) is -3.47. The Labute approximate surface area is 173 Å². The summed E-state index contributed by atoms with van der Waals surface area (Å²) in [5, 5.41) is 0. The van der Waals surface area contributed by atoms with Crippen molar-refractivity contribution in [1.29, 1.82) is 0 Å². The molecular weight excluding hydrogens is 448 g/mol. The lowest BCUT2D eigenvalue weighted by atomic mass is 10.0. The third kappa shape index (κ3) is 4.80. The predicted octanol–water partition coefficient (Wildman–Crippen LogP) is 3.59. The molecule has 0 N–H and O–H groups in total. The van der Waals surface area contributed by atoms with E-state index in [2.05, 4.69) is 48.0 Å². The van der Waals surface area contributed by atoms with Crippen LogP contribution in [0.4, 0.5) is 0 Å². The van der Waals surface area contributed by atoms with E-state index >= 15 is 0 Å². The van der Waals surface area contributed by atoms with Crippen LogP contribution in [0.3, 0.4) is 0 Å². The number of aryl methyl sites for hydroxylation is 3. The highest BCUT2D eigenvalue weighted by atomic mass is 79.9. The van der Waals surface area contributed by atoms with Gasteiger partial charge in [-0.15, -0.1) is 11.3 Å². The van der Waals surface area contributed by atoms with Crippen molar-refractivity contribution >= 4 is 43.2 Å². The third-order valence-corrected chi connectivity index (χ3v) is 8.83. The summed E-state index contributed by atoms with van der Waals surface area (Å²) in [4.78, 5) is 14.3. The molecule has 3 rings (SSSR count). The van der Waals surface area contributed by atoms with Crippen LogP contribution in [-0.4, -0.2) is 49.7 Å². The van der Waals surface area contributed by atoms with Crippen LogP contribution in [0.2, 0.25) is 0 Å². The van der Waals surface area contributed by atoms with Crippen molar-refractivity contribution in [2.75, 3.05) is 26.2 Å². The maximum absolute atomic E-state index is 12.7. The van der Waals surface area contributed by atoms with E-state index in [9.17, 15) is 13.2 Å². The number of hydrogen-bond donors (Lipinski definition) is 0. The Hall–Kier alpha value is -1.22. The number of thiophene rings is 1. The van der Waals surface area contributed by atoms with Gasteiger partial charge < -0.3 is 4.90 Å². The van der Waals surface area contributed by atoms with Crippen molar-refractivity contribution in [3.05, 3.63) is 50.8 Å². The smallest absolute Gasteiger partial charge is 0.252 e. The molecule has 2 heterocycles. The van der Waals surface area contributed by atoms with E-state index in [0.29, 0.717) is 43.2 Å². The van der Waals surface area contributed by atoms with Crippen LogP contribution in [0.1, 0.15) is 23.1 Å². The number of sulfonamides is 1. The van der Waals surface area contributed by atoms with Gasteiger partial charge in [-0.2, -0.15) is 4.31 Å². The largest absolute Gasteiger partial charge is 0.340 e. The number of nitrogens with zero attached hydrogens (tertiary/aromatic N) is 2. The Morgan fingerprint density at radius 2 is 1.81 bits per heavy atom. The van der Waals surface area contributed by atoms with Crippen LogP contribution in [0.15, 0.2) is 38.3 Å². The molecule has 0 bridgehead atoms. The molecular formula is C19H23BrN2O3S2. The molecule has 0 aliphatic carbocycles. The fourth-order valence-corrected chi connectivity index (χ4v) is 6.85. The maximum atomic E-state index is 12.7. The SMILES string of the molecule is Cc1ccc(CCC(=O)N2CCN(S(=O)(=O)c3ccc(Br)s3)CC2)c(C)c1. The van der Waals surface area contributed by atoms with Gasteiger partial charge in [-0.25, -0.2) is 8.42 Å². The second-order valence-electron chi connectivity index (χ2n) is 6.77. The summed E-state index contributed by atoms with van der Waals surface area (Å²) in [6.07, 6.45) is 1.17. The second-order valence-corrected chi connectivity index (χ2v) is 11.4. The van der Waals surface area contributed by atoms with Gasteiger partial charge in [0.15, 0.2) is 0 Å². The van der Waals surface area contributed by atoms with Crippen LogP contribution in [0.25, 0.3) is 0 Å². The van der Waals surface area contributed by atoms with Gasteiger partial charge in [0.25, 0.3) is 10.0 Å². The molecule has 0 radical (unpaired) electrons. The molecule has 2 aromatic rings. The zero-order valence-corrected chi connectivity index (χ0v) is 18.7. The van der Waals surface area contributed by atoms with Gasteiger partial charge in [0, 0.05) is 32.6 Å². The highest BCUT2D eigenvalue weighted by Crippen LogP contribution is 2.29. The predicted molar refractivity (Wildman–Crippen MR) is 112 cm³/mol. The molecule has 1 aromatic heterocycles. The number of carbonyl (C=O) groups excluding carboxylic acids is 1. The first-order valence-corrected chi connectivity index (χ1v) is 11.9. The zero-order chi connectivity index (χ0) is 19.6. The highest BCUT2D eigenvalue weighted by Gasteiger charge is 2.30. The van der Waals surface area contributed by atoms with Gasteiger partial charge in [-0.05, 0) is 59.5 Å². The lowest BCUT2D eigenvalue weighted by Gasteiger charge is -2.33. The van der Waals surface area contributed by atoms with Gasteiger partial charge in [-0.3, -0.25) is 4.79 Å². The Bertz CT molecular complexity index is 932. The van der Waals surface area contributed by atoms with Gasteiger partial charge in [0.1, 0.15) is 4.21 Å². The van der Waals surface area contributed by atoms with Gasteiger partial charge >= 0.3 is 0 Å². The zero-order valence-electron chi connectivity index (χ0n) is 15.4. The lowest BCUT2D eigenvalue weighted by Crippen LogP contribution is -2.50.